The first kappa shape index (κ1) is 23.4. The third-order valence-electron chi connectivity index (χ3n) is 5.61. The maximum atomic E-state index is 12.2. The minimum atomic E-state index is -4.64. The molecule has 5 rings (SSSR count). The van der Waals surface area contributed by atoms with Gasteiger partial charge in [-0.25, -0.2) is 19.6 Å². The molecule has 0 atom stereocenters. The Balaban J connectivity index is 1.64. The van der Waals surface area contributed by atoms with Crippen LogP contribution in [0.3, 0.4) is 0 Å². The van der Waals surface area contributed by atoms with Crippen molar-refractivity contribution in [3.63, 3.8) is 0 Å². The second-order valence-electron chi connectivity index (χ2n) is 7.93. The average Bonchev–Trinajstić information content (AvgIpc) is 3.50. The molecule has 2 aromatic heterocycles. The molecule has 11 nitrogen and oxygen atoms in total. The summed E-state index contributed by atoms with van der Waals surface area (Å²) >= 11 is 0. The highest BCUT2D eigenvalue weighted by Crippen LogP contribution is 2.37. The minimum absolute atomic E-state index is 0.221. The Bertz CT molecular complexity index is 1600. The van der Waals surface area contributed by atoms with Crippen LogP contribution in [0.1, 0.15) is 20.7 Å². The zero-order valence-electron chi connectivity index (χ0n) is 19.0. The number of aromatic nitrogens is 4. The van der Waals surface area contributed by atoms with E-state index in [9.17, 15) is 23.9 Å². The molecule has 12 heteroatoms. The van der Waals surface area contributed by atoms with Gasteiger partial charge in [-0.05, 0) is 54.6 Å². The van der Waals surface area contributed by atoms with Crippen molar-refractivity contribution < 1.29 is 33.4 Å². The van der Waals surface area contributed by atoms with E-state index in [4.69, 9.17) is 9.47 Å². The van der Waals surface area contributed by atoms with E-state index in [1.54, 1.807) is 42.5 Å². The first-order valence-electron chi connectivity index (χ1n) is 10.5. The maximum Gasteiger partial charge on any atom is 0.356 e. The molecule has 36 heavy (non-hydrogen) atoms. The molecule has 0 aliphatic carbocycles. The zero-order valence-corrected chi connectivity index (χ0v) is 19.9. The Morgan fingerprint density at radius 1 is 0.750 bits per heavy atom. The molecule has 3 aromatic carbocycles. The highest BCUT2D eigenvalue weighted by atomic mass is 31.2. The summed E-state index contributed by atoms with van der Waals surface area (Å²) in [7, 11) is -2.07. The van der Waals surface area contributed by atoms with E-state index < -0.39 is 19.5 Å². The first-order chi connectivity index (χ1) is 17.2. The Hall–Kier alpha value is -4.31. The van der Waals surface area contributed by atoms with Crippen molar-refractivity contribution >= 4 is 46.9 Å². The van der Waals surface area contributed by atoms with Gasteiger partial charge in [0.05, 0.1) is 52.7 Å². The maximum absolute atomic E-state index is 12.2. The van der Waals surface area contributed by atoms with Crippen LogP contribution in [0.5, 0.6) is 0 Å². The number of imidazole rings is 2. The van der Waals surface area contributed by atoms with Crippen LogP contribution in [0, 0.1) is 0 Å². The zero-order chi connectivity index (χ0) is 25.6. The monoisotopic (exact) mass is 506 g/mol. The molecule has 0 unspecified atom stereocenters. The number of nitrogens with one attached hydrogen (secondary N) is 2. The molecular formula is C24H19N4O7P. The lowest BCUT2D eigenvalue weighted by Crippen LogP contribution is -2.05. The molecule has 5 aromatic rings. The lowest BCUT2D eigenvalue weighted by atomic mass is 10.1. The van der Waals surface area contributed by atoms with E-state index in [1.165, 1.54) is 26.4 Å². The van der Waals surface area contributed by atoms with Gasteiger partial charge in [0.1, 0.15) is 11.6 Å². The van der Waals surface area contributed by atoms with Crippen LogP contribution in [-0.4, -0.2) is 55.9 Å². The topological polar surface area (TPSA) is 167 Å². The summed E-state index contributed by atoms with van der Waals surface area (Å²) in [6, 6.07) is 14.0. The normalized spacial score (nSPS) is 11.7. The second kappa shape index (κ2) is 8.72. The van der Waals surface area contributed by atoms with Crippen LogP contribution in [0.2, 0.25) is 0 Å². The molecule has 0 aliphatic rings. The van der Waals surface area contributed by atoms with Crippen molar-refractivity contribution in [2.45, 2.75) is 0 Å². The van der Waals surface area contributed by atoms with Gasteiger partial charge in [0, 0.05) is 11.1 Å². The summed E-state index contributed by atoms with van der Waals surface area (Å²) in [4.78, 5) is 58.8. The smallest absolute Gasteiger partial charge is 0.356 e. The Morgan fingerprint density at radius 2 is 1.19 bits per heavy atom. The fourth-order valence-electron chi connectivity index (χ4n) is 3.83. The third-order valence-corrected chi connectivity index (χ3v) is 6.54. The van der Waals surface area contributed by atoms with Crippen molar-refractivity contribution in [2.24, 2.45) is 0 Å². The average molecular weight is 506 g/mol. The van der Waals surface area contributed by atoms with Crippen LogP contribution >= 0.6 is 7.60 Å². The van der Waals surface area contributed by atoms with E-state index in [1.807, 2.05) is 0 Å². The molecule has 182 valence electrons. The van der Waals surface area contributed by atoms with Gasteiger partial charge < -0.3 is 29.2 Å². The van der Waals surface area contributed by atoms with Gasteiger partial charge in [0.15, 0.2) is 0 Å². The highest BCUT2D eigenvalue weighted by Gasteiger charge is 2.22. The van der Waals surface area contributed by atoms with Gasteiger partial charge in [-0.1, -0.05) is 0 Å². The molecule has 0 saturated heterocycles. The molecule has 0 bridgehead atoms. The number of hydrogen-bond donors (Lipinski definition) is 4. The largest absolute Gasteiger partial charge is 0.465 e. The van der Waals surface area contributed by atoms with Gasteiger partial charge in [0.25, 0.3) is 0 Å². The van der Waals surface area contributed by atoms with Gasteiger partial charge in [-0.2, -0.15) is 0 Å². The lowest BCUT2D eigenvalue weighted by molar-refractivity contribution is 0.0592. The number of aromatic amines is 2. The Labute approximate surface area is 203 Å². The quantitative estimate of drug-likeness (QED) is 0.207. The van der Waals surface area contributed by atoms with Crippen LogP contribution in [-0.2, 0) is 14.0 Å². The summed E-state index contributed by atoms with van der Waals surface area (Å²) < 4.78 is 21.7. The molecule has 4 N–H and O–H groups in total. The minimum Gasteiger partial charge on any atom is -0.465 e. The SMILES string of the molecule is COC(=O)c1ccc2[nH]c(-c3cc(-c4nc5cc(C(=O)OC)ccc5[nH]4)cc(P(=O)(O)O)c3)nc2c1. The van der Waals surface area contributed by atoms with E-state index >= 15 is 0 Å². The number of nitrogens with zero attached hydrogens (tertiary/aromatic N) is 2. The van der Waals surface area contributed by atoms with Gasteiger partial charge in [-0.3, -0.25) is 4.57 Å². The number of methoxy groups -OCH3 is 2. The number of ether oxygens (including phenoxy) is 2. The molecule has 0 amide bonds. The van der Waals surface area contributed by atoms with Gasteiger partial charge in [-0.15, -0.1) is 0 Å². The van der Waals surface area contributed by atoms with Crippen LogP contribution < -0.4 is 5.30 Å². The summed E-state index contributed by atoms with van der Waals surface area (Å²) in [6.45, 7) is 0. The summed E-state index contributed by atoms with van der Waals surface area (Å²) in [5, 5.41) is -0.221. The lowest BCUT2D eigenvalue weighted by Gasteiger charge is -2.08. The number of rotatable bonds is 5. The van der Waals surface area contributed by atoms with Gasteiger partial charge >= 0.3 is 19.5 Å². The van der Waals surface area contributed by atoms with Crippen LogP contribution in [0.4, 0.5) is 0 Å². The number of fused-ring (bicyclic) bond motifs is 2. The van der Waals surface area contributed by atoms with E-state index in [-0.39, 0.29) is 5.30 Å². The molecular weight excluding hydrogens is 487 g/mol. The molecule has 0 radical (unpaired) electrons. The van der Waals surface area contributed by atoms with Crippen molar-refractivity contribution in [1.29, 1.82) is 0 Å². The summed E-state index contributed by atoms with van der Waals surface area (Å²) in [5.74, 6) is -0.333. The Morgan fingerprint density at radius 3 is 1.58 bits per heavy atom. The molecule has 0 spiro atoms. The standard InChI is InChI=1S/C24H19N4O7P/c1-34-23(29)12-3-5-17-19(10-12)27-21(25-17)14-7-15(9-16(8-14)36(31,32)33)22-26-18-6-4-13(24(30)35-2)11-20(18)28-22/h3-11H,1-2H3,(H,25,27)(H,26,28)(H2,31,32,33). The fraction of sp³-hybridized carbons (Fsp3) is 0.0833. The predicted octanol–water partition coefficient (Wildman–Crippen LogP) is 3.15. The molecule has 0 saturated carbocycles. The van der Waals surface area contributed by atoms with Crippen molar-refractivity contribution in [3.8, 4) is 22.8 Å². The molecule has 0 aliphatic heterocycles. The van der Waals surface area contributed by atoms with Crippen molar-refractivity contribution in [3.05, 3.63) is 65.7 Å². The number of hydrogen-bond acceptors (Lipinski definition) is 7. The van der Waals surface area contributed by atoms with E-state index in [0.717, 1.165) is 0 Å². The number of esters is 2. The van der Waals surface area contributed by atoms with Gasteiger partial charge in [0.2, 0.25) is 0 Å². The summed E-state index contributed by atoms with van der Waals surface area (Å²) in [5.41, 5.74) is 3.65. The predicted molar refractivity (Wildman–Crippen MR) is 131 cm³/mol. The second-order valence-corrected chi connectivity index (χ2v) is 9.53. The number of carbonyl (C=O) groups excluding carboxylic acids is 2. The van der Waals surface area contributed by atoms with Crippen molar-refractivity contribution in [2.75, 3.05) is 14.2 Å². The number of benzene rings is 3. The van der Waals surface area contributed by atoms with Crippen LogP contribution in [0.15, 0.2) is 54.6 Å². The molecule has 2 heterocycles. The number of carbonyl (C=O) groups is 2. The van der Waals surface area contributed by atoms with E-state index in [0.29, 0.717) is 56.0 Å². The first-order valence-corrected chi connectivity index (χ1v) is 12.2. The third kappa shape index (κ3) is 4.27. The fourth-order valence-corrected chi connectivity index (χ4v) is 4.44. The highest BCUT2D eigenvalue weighted by molar-refractivity contribution is 7.60. The Kier molecular flexibility index (Phi) is 5.68. The molecule has 0 fully saturated rings. The van der Waals surface area contributed by atoms with E-state index in [2.05, 4.69) is 19.9 Å². The summed E-state index contributed by atoms with van der Waals surface area (Å²) in [6.07, 6.45) is 0. The number of H-pyrrole nitrogens is 2. The van der Waals surface area contributed by atoms with Crippen molar-refractivity contribution in [1.82, 2.24) is 19.9 Å². The van der Waals surface area contributed by atoms with Crippen LogP contribution in [0.25, 0.3) is 44.8 Å².